The number of β-amino-alcohol motifs (C(OH)–C–C–N with tert-alkyl or cyclic N) is 1. The van der Waals surface area contributed by atoms with Crippen LogP contribution in [0.3, 0.4) is 0 Å². The van der Waals surface area contributed by atoms with Gasteiger partial charge in [-0.25, -0.2) is 8.78 Å². The zero-order valence-corrected chi connectivity index (χ0v) is 11.4. The number of nitrogens with one attached hydrogen (secondary N) is 1. The van der Waals surface area contributed by atoms with Crippen LogP contribution < -0.4 is 5.32 Å². The van der Waals surface area contributed by atoms with Crippen LogP contribution in [-0.4, -0.2) is 54.6 Å². The first-order valence-corrected chi connectivity index (χ1v) is 7.32. The normalized spacial score (nSPS) is 18.5. The highest BCUT2D eigenvalue weighted by Crippen LogP contribution is 2.21. The molecule has 1 aromatic carbocycles. The van der Waals surface area contributed by atoms with Crippen molar-refractivity contribution in [3.63, 3.8) is 0 Å². The molecule has 2 rings (SSSR count). The van der Waals surface area contributed by atoms with Crippen molar-refractivity contribution in [2.24, 2.45) is 0 Å². The lowest BCUT2D eigenvalue weighted by atomic mass is 10.3. The second kappa shape index (κ2) is 7.19. The number of thioether (sulfide) groups is 1. The number of rotatable bonds is 5. The van der Waals surface area contributed by atoms with Gasteiger partial charge < -0.3 is 10.4 Å². The summed E-state index contributed by atoms with van der Waals surface area (Å²) in [5.74, 6) is -1.21. The first kappa shape index (κ1) is 14.7. The van der Waals surface area contributed by atoms with Gasteiger partial charge in [-0.15, -0.1) is 11.8 Å². The smallest absolute Gasteiger partial charge is 0.159 e. The predicted molar refractivity (Wildman–Crippen MR) is 72.4 cm³/mol. The first-order valence-electron chi connectivity index (χ1n) is 6.34. The van der Waals surface area contributed by atoms with Gasteiger partial charge in [-0.1, -0.05) is 0 Å². The van der Waals surface area contributed by atoms with Gasteiger partial charge in [0.2, 0.25) is 0 Å². The fourth-order valence-corrected chi connectivity index (χ4v) is 2.84. The molecule has 0 aliphatic carbocycles. The lowest BCUT2D eigenvalue weighted by Gasteiger charge is -2.28. The van der Waals surface area contributed by atoms with Gasteiger partial charge in [0.1, 0.15) is 0 Å². The number of piperazine rings is 1. The van der Waals surface area contributed by atoms with Crippen LogP contribution in [0.25, 0.3) is 0 Å². The number of nitrogens with zero attached hydrogens (tertiary/aromatic N) is 1. The maximum absolute atomic E-state index is 13.0. The van der Waals surface area contributed by atoms with E-state index in [1.807, 2.05) is 0 Å². The van der Waals surface area contributed by atoms with Gasteiger partial charge in [-0.3, -0.25) is 4.90 Å². The fraction of sp³-hybridized carbons (Fsp3) is 0.538. The molecule has 19 heavy (non-hydrogen) atoms. The Morgan fingerprint density at radius 2 is 2.00 bits per heavy atom. The Kier molecular flexibility index (Phi) is 5.57. The minimum atomic E-state index is -0.846. The summed E-state index contributed by atoms with van der Waals surface area (Å²) in [5.41, 5.74) is 0. The second-order valence-electron chi connectivity index (χ2n) is 4.59. The number of hydrogen-bond acceptors (Lipinski definition) is 4. The molecule has 3 nitrogen and oxygen atoms in total. The fourth-order valence-electron chi connectivity index (χ4n) is 2.00. The largest absolute Gasteiger partial charge is 0.391 e. The van der Waals surface area contributed by atoms with E-state index in [0.29, 0.717) is 17.2 Å². The van der Waals surface area contributed by atoms with Crippen LogP contribution >= 0.6 is 11.8 Å². The van der Waals surface area contributed by atoms with Gasteiger partial charge in [0.25, 0.3) is 0 Å². The summed E-state index contributed by atoms with van der Waals surface area (Å²) in [4.78, 5) is 2.84. The zero-order valence-electron chi connectivity index (χ0n) is 10.6. The number of aliphatic hydroxyl groups is 1. The van der Waals surface area contributed by atoms with Crippen molar-refractivity contribution in [2.45, 2.75) is 11.0 Å². The standard InChI is InChI=1S/C13H18F2N2OS/c14-12-2-1-11(7-13(12)15)19-9-10(18)8-17-5-3-16-4-6-17/h1-2,7,10,16,18H,3-6,8-9H2. The summed E-state index contributed by atoms with van der Waals surface area (Å²) >= 11 is 1.34. The molecule has 0 spiro atoms. The van der Waals surface area contributed by atoms with Crippen molar-refractivity contribution in [3.8, 4) is 0 Å². The van der Waals surface area contributed by atoms with Crippen LogP contribution in [0.15, 0.2) is 23.1 Å². The summed E-state index contributed by atoms with van der Waals surface area (Å²) in [6.45, 7) is 4.39. The minimum Gasteiger partial charge on any atom is -0.391 e. The second-order valence-corrected chi connectivity index (χ2v) is 5.68. The van der Waals surface area contributed by atoms with Crippen LogP contribution in [0.5, 0.6) is 0 Å². The molecule has 0 amide bonds. The van der Waals surface area contributed by atoms with Crippen molar-refractivity contribution < 1.29 is 13.9 Å². The molecule has 6 heteroatoms. The number of halogens is 2. The third-order valence-corrected chi connectivity index (χ3v) is 4.15. The van der Waals surface area contributed by atoms with E-state index in [4.69, 9.17) is 0 Å². The van der Waals surface area contributed by atoms with Crippen molar-refractivity contribution in [1.82, 2.24) is 10.2 Å². The van der Waals surface area contributed by atoms with E-state index in [1.165, 1.54) is 17.8 Å². The molecule has 0 aromatic heterocycles. The van der Waals surface area contributed by atoms with E-state index >= 15 is 0 Å². The molecule has 1 atom stereocenters. The summed E-state index contributed by atoms with van der Waals surface area (Å²) < 4.78 is 25.8. The SMILES string of the molecule is OC(CSc1ccc(F)c(F)c1)CN1CCNCC1. The van der Waals surface area contributed by atoms with Crippen LogP contribution in [0.1, 0.15) is 0 Å². The van der Waals surface area contributed by atoms with Gasteiger partial charge in [-0.2, -0.15) is 0 Å². The maximum atomic E-state index is 13.0. The molecule has 1 aliphatic rings. The quantitative estimate of drug-likeness (QED) is 0.801. The zero-order chi connectivity index (χ0) is 13.7. The van der Waals surface area contributed by atoms with Crippen LogP contribution in [-0.2, 0) is 0 Å². The number of aliphatic hydroxyl groups excluding tert-OH is 1. The van der Waals surface area contributed by atoms with Gasteiger partial charge in [-0.05, 0) is 18.2 Å². The van der Waals surface area contributed by atoms with E-state index in [0.717, 1.165) is 38.3 Å². The summed E-state index contributed by atoms with van der Waals surface area (Å²) in [5, 5.41) is 13.2. The molecule has 1 aromatic rings. The Bertz CT molecular complexity index is 414. The van der Waals surface area contributed by atoms with Crippen molar-refractivity contribution in [1.29, 1.82) is 0 Å². The monoisotopic (exact) mass is 288 g/mol. The molecule has 1 aliphatic heterocycles. The lowest BCUT2D eigenvalue weighted by Crippen LogP contribution is -2.46. The molecule has 1 fully saturated rings. The van der Waals surface area contributed by atoms with Crippen molar-refractivity contribution >= 4 is 11.8 Å². The summed E-state index contributed by atoms with van der Waals surface area (Å²) in [6.07, 6.45) is -0.462. The van der Waals surface area contributed by atoms with E-state index in [1.54, 1.807) is 0 Å². The molecular formula is C13H18F2N2OS. The third-order valence-electron chi connectivity index (χ3n) is 3.01. The van der Waals surface area contributed by atoms with Crippen molar-refractivity contribution in [3.05, 3.63) is 29.8 Å². The van der Waals surface area contributed by atoms with E-state index < -0.39 is 17.7 Å². The highest BCUT2D eigenvalue weighted by molar-refractivity contribution is 7.99. The van der Waals surface area contributed by atoms with Gasteiger partial charge in [0, 0.05) is 43.4 Å². The van der Waals surface area contributed by atoms with E-state index in [9.17, 15) is 13.9 Å². The van der Waals surface area contributed by atoms with Crippen LogP contribution in [0.4, 0.5) is 8.78 Å². The Labute approximate surface area is 116 Å². The summed E-state index contributed by atoms with van der Waals surface area (Å²) in [6, 6.07) is 3.80. The predicted octanol–water partition coefficient (Wildman–Crippen LogP) is 1.32. The van der Waals surface area contributed by atoms with Crippen LogP contribution in [0.2, 0.25) is 0 Å². The van der Waals surface area contributed by atoms with Crippen molar-refractivity contribution in [2.75, 3.05) is 38.5 Å². The van der Waals surface area contributed by atoms with Gasteiger partial charge in [0.05, 0.1) is 6.10 Å². The molecular weight excluding hydrogens is 270 g/mol. The highest BCUT2D eigenvalue weighted by Gasteiger charge is 2.14. The Hall–Kier alpha value is -0.690. The molecule has 0 saturated carbocycles. The molecule has 2 N–H and O–H groups in total. The van der Waals surface area contributed by atoms with Crippen LogP contribution in [0, 0.1) is 11.6 Å². The third kappa shape index (κ3) is 4.72. The van der Waals surface area contributed by atoms with E-state index in [-0.39, 0.29) is 0 Å². The lowest BCUT2D eigenvalue weighted by molar-refractivity contribution is 0.121. The average molecular weight is 288 g/mol. The molecule has 106 valence electrons. The van der Waals surface area contributed by atoms with Gasteiger partial charge >= 0.3 is 0 Å². The first-order chi connectivity index (χ1) is 9.15. The Morgan fingerprint density at radius 3 is 2.68 bits per heavy atom. The maximum Gasteiger partial charge on any atom is 0.159 e. The minimum absolute atomic E-state index is 0.462. The topological polar surface area (TPSA) is 35.5 Å². The Morgan fingerprint density at radius 1 is 1.26 bits per heavy atom. The van der Waals surface area contributed by atoms with Gasteiger partial charge in [0.15, 0.2) is 11.6 Å². The highest BCUT2D eigenvalue weighted by atomic mass is 32.2. The molecule has 0 bridgehead atoms. The molecule has 1 saturated heterocycles. The number of benzene rings is 1. The molecule has 0 radical (unpaired) electrons. The molecule has 1 unspecified atom stereocenters. The molecule has 1 heterocycles. The Balaban J connectivity index is 1.75. The summed E-state index contributed by atoms with van der Waals surface area (Å²) in [7, 11) is 0. The average Bonchev–Trinajstić information content (AvgIpc) is 2.41. The number of hydrogen-bond donors (Lipinski definition) is 2. The van der Waals surface area contributed by atoms with E-state index in [2.05, 4.69) is 10.2 Å².